The minimum atomic E-state index is -0.677. The van der Waals surface area contributed by atoms with Crippen LogP contribution in [0.2, 0.25) is 0 Å². The van der Waals surface area contributed by atoms with Crippen molar-refractivity contribution in [2.45, 2.75) is 207 Å². The van der Waals surface area contributed by atoms with Gasteiger partial charge in [-0.1, -0.05) is 154 Å². The standard InChI is InChI=1S/C39H75NO2/c1-4-6-8-10-12-14-16-18-20-22-24-26-28-30-32-34-36-40(38(3)39(41)42)37-35-33-31-29-27-25-23-21-19-17-15-13-11-9-7-5-2/h18-21,38H,4-17,22-37H2,1-3H3,(H,41,42)/b20-18-,21-19-. The molecule has 0 saturated carbocycles. The van der Waals surface area contributed by atoms with Gasteiger partial charge in [-0.2, -0.15) is 0 Å². The number of hydrogen-bond acceptors (Lipinski definition) is 2. The summed E-state index contributed by atoms with van der Waals surface area (Å²) in [5.74, 6) is -0.677. The van der Waals surface area contributed by atoms with E-state index in [0.29, 0.717) is 0 Å². The fourth-order valence-corrected chi connectivity index (χ4v) is 5.78. The lowest BCUT2D eigenvalue weighted by atomic mass is 10.1. The summed E-state index contributed by atoms with van der Waals surface area (Å²) < 4.78 is 0. The first-order valence-corrected chi connectivity index (χ1v) is 18.9. The van der Waals surface area contributed by atoms with Crippen molar-refractivity contribution >= 4 is 5.97 Å². The average molecular weight is 590 g/mol. The van der Waals surface area contributed by atoms with E-state index in [1.54, 1.807) is 0 Å². The van der Waals surface area contributed by atoms with Crippen LogP contribution in [0.3, 0.4) is 0 Å². The molecule has 0 saturated heterocycles. The Morgan fingerprint density at radius 2 is 0.738 bits per heavy atom. The summed E-state index contributed by atoms with van der Waals surface area (Å²) in [7, 11) is 0. The third-order valence-corrected chi connectivity index (χ3v) is 8.82. The summed E-state index contributed by atoms with van der Waals surface area (Å²) in [6.45, 7) is 8.28. The maximum atomic E-state index is 11.6. The SMILES string of the molecule is CCCCCCCC/C=C\CCCCCCCCN(CCCCCCCC/C=C\CCCCCCCC)C(C)C(=O)O. The van der Waals surface area contributed by atoms with E-state index in [0.717, 1.165) is 25.9 Å². The second kappa shape index (κ2) is 34.4. The van der Waals surface area contributed by atoms with Crippen LogP contribution in [-0.4, -0.2) is 35.1 Å². The Bertz CT molecular complexity index is 557. The Kier molecular flexibility index (Phi) is 33.5. The predicted octanol–water partition coefficient (Wildman–Crippen LogP) is 12.8. The number of aliphatic carboxylic acids is 1. The first-order chi connectivity index (χ1) is 20.6. The van der Waals surface area contributed by atoms with Gasteiger partial charge in [0, 0.05) is 0 Å². The molecule has 0 aromatic rings. The summed E-state index contributed by atoms with van der Waals surface area (Å²) in [5.41, 5.74) is 0. The van der Waals surface area contributed by atoms with E-state index in [9.17, 15) is 9.90 Å². The number of rotatable bonds is 34. The number of hydrogen-bond donors (Lipinski definition) is 1. The van der Waals surface area contributed by atoms with Crippen LogP contribution in [0, 0.1) is 0 Å². The van der Waals surface area contributed by atoms with E-state index in [-0.39, 0.29) is 6.04 Å². The smallest absolute Gasteiger partial charge is 0.320 e. The largest absolute Gasteiger partial charge is 0.480 e. The molecule has 0 spiro atoms. The fraction of sp³-hybridized carbons (Fsp3) is 0.872. The molecule has 248 valence electrons. The molecule has 1 atom stereocenters. The lowest BCUT2D eigenvalue weighted by molar-refractivity contribution is -0.142. The van der Waals surface area contributed by atoms with Crippen molar-refractivity contribution in [2.24, 2.45) is 0 Å². The number of nitrogens with zero attached hydrogens (tertiary/aromatic N) is 1. The quantitative estimate of drug-likeness (QED) is 0.0599. The van der Waals surface area contributed by atoms with Gasteiger partial charge in [0.2, 0.25) is 0 Å². The Labute approximate surface area is 264 Å². The number of carboxylic acids is 1. The zero-order valence-corrected chi connectivity index (χ0v) is 28.9. The lowest BCUT2D eigenvalue weighted by Gasteiger charge is -2.26. The minimum Gasteiger partial charge on any atom is -0.480 e. The van der Waals surface area contributed by atoms with Gasteiger partial charge in [-0.25, -0.2) is 0 Å². The van der Waals surface area contributed by atoms with Gasteiger partial charge in [0.05, 0.1) is 0 Å². The van der Waals surface area contributed by atoms with E-state index in [4.69, 9.17) is 0 Å². The van der Waals surface area contributed by atoms with E-state index >= 15 is 0 Å². The first kappa shape index (κ1) is 40.9. The van der Waals surface area contributed by atoms with Crippen molar-refractivity contribution in [3.05, 3.63) is 24.3 Å². The maximum absolute atomic E-state index is 11.6. The molecule has 0 bridgehead atoms. The molecular formula is C39H75NO2. The van der Waals surface area contributed by atoms with Gasteiger partial charge in [0.1, 0.15) is 6.04 Å². The summed E-state index contributed by atoms with van der Waals surface area (Å²) in [6.07, 6.45) is 46.3. The molecule has 0 amide bonds. The summed E-state index contributed by atoms with van der Waals surface area (Å²) >= 11 is 0. The number of carboxylic acid groups (broad SMARTS) is 1. The highest BCUT2D eigenvalue weighted by atomic mass is 16.4. The van der Waals surface area contributed by atoms with E-state index in [2.05, 4.69) is 43.1 Å². The molecule has 0 heterocycles. The van der Waals surface area contributed by atoms with Gasteiger partial charge in [-0.05, 0) is 84.2 Å². The molecule has 1 N–H and O–H groups in total. The van der Waals surface area contributed by atoms with Crippen molar-refractivity contribution in [1.29, 1.82) is 0 Å². The van der Waals surface area contributed by atoms with Crippen LogP contribution in [0.5, 0.6) is 0 Å². The van der Waals surface area contributed by atoms with Crippen molar-refractivity contribution in [1.82, 2.24) is 4.90 Å². The van der Waals surface area contributed by atoms with Crippen LogP contribution < -0.4 is 0 Å². The summed E-state index contributed by atoms with van der Waals surface area (Å²) in [6, 6.07) is -0.365. The van der Waals surface area contributed by atoms with Crippen molar-refractivity contribution in [3.63, 3.8) is 0 Å². The summed E-state index contributed by atoms with van der Waals surface area (Å²) in [5, 5.41) is 9.57. The van der Waals surface area contributed by atoms with E-state index in [1.165, 1.54) is 167 Å². The second-order valence-corrected chi connectivity index (χ2v) is 12.9. The van der Waals surface area contributed by atoms with Gasteiger partial charge in [0.15, 0.2) is 0 Å². The molecule has 0 aliphatic heterocycles. The highest BCUT2D eigenvalue weighted by Crippen LogP contribution is 2.14. The Hall–Kier alpha value is -1.09. The highest BCUT2D eigenvalue weighted by Gasteiger charge is 2.19. The van der Waals surface area contributed by atoms with Gasteiger partial charge in [-0.15, -0.1) is 0 Å². The van der Waals surface area contributed by atoms with Crippen LogP contribution in [0.25, 0.3) is 0 Å². The zero-order chi connectivity index (χ0) is 30.8. The third-order valence-electron chi connectivity index (χ3n) is 8.82. The topological polar surface area (TPSA) is 40.5 Å². The van der Waals surface area contributed by atoms with Crippen LogP contribution >= 0.6 is 0 Å². The lowest BCUT2D eigenvalue weighted by Crippen LogP contribution is -2.40. The van der Waals surface area contributed by atoms with Gasteiger partial charge >= 0.3 is 5.97 Å². The Morgan fingerprint density at radius 1 is 0.476 bits per heavy atom. The molecule has 3 nitrogen and oxygen atoms in total. The molecule has 42 heavy (non-hydrogen) atoms. The van der Waals surface area contributed by atoms with Gasteiger partial charge in [-0.3, -0.25) is 9.69 Å². The molecule has 1 unspecified atom stereocenters. The first-order valence-electron chi connectivity index (χ1n) is 18.9. The summed E-state index contributed by atoms with van der Waals surface area (Å²) in [4.78, 5) is 13.8. The second-order valence-electron chi connectivity index (χ2n) is 12.9. The Morgan fingerprint density at radius 3 is 1.02 bits per heavy atom. The molecular weight excluding hydrogens is 514 g/mol. The van der Waals surface area contributed by atoms with Crippen LogP contribution in [0.4, 0.5) is 0 Å². The molecule has 0 aromatic carbocycles. The molecule has 0 rings (SSSR count). The number of carbonyl (C=O) groups is 1. The minimum absolute atomic E-state index is 0.365. The normalized spacial score (nSPS) is 12.8. The van der Waals surface area contributed by atoms with Crippen LogP contribution in [0.1, 0.15) is 201 Å². The van der Waals surface area contributed by atoms with Crippen molar-refractivity contribution in [3.8, 4) is 0 Å². The zero-order valence-electron chi connectivity index (χ0n) is 28.9. The maximum Gasteiger partial charge on any atom is 0.320 e. The fourth-order valence-electron chi connectivity index (χ4n) is 5.78. The monoisotopic (exact) mass is 590 g/mol. The molecule has 3 heteroatoms. The van der Waals surface area contributed by atoms with Crippen LogP contribution in [-0.2, 0) is 4.79 Å². The molecule has 0 aliphatic rings. The number of allylic oxidation sites excluding steroid dienone is 4. The van der Waals surface area contributed by atoms with E-state index in [1.807, 2.05) is 6.92 Å². The van der Waals surface area contributed by atoms with Crippen LogP contribution in [0.15, 0.2) is 24.3 Å². The molecule has 0 fully saturated rings. The number of unbranched alkanes of at least 4 members (excludes halogenated alkanes) is 24. The third kappa shape index (κ3) is 30.4. The highest BCUT2D eigenvalue weighted by molar-refractivity contribution is 5.72. The van der Waals surface area contributed by atoms with E-state index < -0.39 is 5.97 Å². The van der Waals surface area contributed by atoms with Gasteiger partial charge in [0.25, 0.3) is 0 Å². The van der Waals surface area contributed by atoms with Crippen molar-refractivity contribution in [2.75, 3.05) is 13.1 Å². The average Bonchev–Trinajstić information content (AvgIpc) is 2.99. The van der Waals surface area contributed by atoms with Gasteiger partial charge < -0.3 is 5.11 Å². The molecule has 0 aromatic heterocycles. The van der Waals surface area contributed by atoms with Crippen molar-refractivity contribution < 1.29 is 9.90 Å². The Balaban J connectivity index is 3.69. The molecule has 0 radical (unpaired) electrons. The molecule has 0 aliphatic carbocycles. The predicted molar refractivity (Wildman–Crippen MR) is 188 cm³/mol.